The molecule has 166 valence electrons. The molecule has 0 amide bonds. The van der Waals surface area contributed by atoms with Crippen molar-refractivity contribution in [3.63, 3.8) is 0 Å². The van der Waals surface area contributed by atoms with Crippen LogP contribution in [0, 0.1) is 0 Å². The van der Waals surface area contributed by atoms with Gasteiger partial charge < -0.3 is 23.9 Å². The maximum absolute atomic E-state index is 13.2. The van der Waals surface area contributed by atoms with E-state index in [1.54, 1.807) is 14.2 Å². The number of aromatic amines is 1. The first-order valence-electron chi connectivity index (χ1n) is 10.4. The van der Waals surface area contributed by atoms with Crippen LogP contribution in [-0.2, 0) is 33.6 Å². The van der Waals surface area contributed by atoms with Gasteiger partial charge in [0.15, 0.2) is 6.29 Å². The van der Waals surface area contributed by atoms with Gasteiger partial charge in [-0.25, -0.2) is 8.93 Å². The smallest absolute Gasteiger partial charge is 0.158 e. The molecule has 0 bridgehead atoms. The van der Waals surface area contributed by atoms with Crippen LogP contribution in [0.25, 0.3) is 10.9 Å². The predicted octanol–water partition coefficient (Wildman–Crippen LogP) is 4.04. The molecular weight excluding hydrogens is 416 g/mol. The molecule has 2 unspecified atom stereocenters. The SMILES string of the molecule is COc1ccc(CNS(=O)c2[nH]c3cc(OC)ccc3c2COC2CCCCO2)cc1. The second-order valence-corrected chi connectivity index (χ2v) is 8.62. The number of rotatable bonds is 9. The van der Waals surface area contributed by atoms with Crippen LogP contribution in [0.4, 0.5) is 0 Å². The van der Waals surface area contributed by atoms with Crippen LogP contribution in [-0.4, -0.2) is 36.3 Å². The first kappa shape index (κ1) is 21.8. The first-order chi connectivity index (χ1) is 15.2. The fraction of sp³-hybridized carbons (Fsp3) is 0.391. The van der Waals surface area contributed by atoms with E-state index in [0.717, 1.165) is 59.4 Å². The van der Waals surface area contributed by atoms with Gasteiger partial charge in [-0.1, -0.05) is 12.1 Å². The molecule has 2 N–H and O–H groups in total. The number of fused-ring (bicyclic) bond motifs is 1. The number of nitrogens with one attached hydrogen (secondary N) is 2. The highest BCUT2D eigenvalue weighted by molar-refractivity contribution is 7.83. The molecule has 1 fully saturated rings. The Labute approximate surface area is 184 Å². The van der Waals surface area contributed by atoms with Crippen molar-refractivity contribution in [3.8, 4) is 11.5 Å². The summed E-state index contributed by atoms with van der Waals surface area (Å²) >= 11 is 0. The Morgan fingerprint density at radius 2 is 1.87 bits per heavy atom. The molecule has 0 saturated carbocycles. The number of aromatic nitrogens is 1. The van der Waals surface area contributed by atoms with Gasteiger partial charge in [0.2, 0.25) is 0 Å². The molecule has 1 aliphatic rings. The van der Waals surface area contributed by atoms with E-state index in [1.165, 1.54) is 0 Å². The second-order valence-electron chi connectivity index (χ2n) is 7.39. The van der Waals surface area contributed by atoms with Gasteiger partial charge in [0.25, 0.3) is 0 Å². The minimum Gasteiger partial charge on any atom is -0.497 e. The molecule has 3 aromatic rings. The number of ether oxygens (including phenoxy) is 4. The monoisotopic (exact) mass is 444 g/mol. The van der Waals surface area contributed by atoms with E-state index in [9.17, 15) is 4.21 Å². The summed E-state index contributed by atoms with van der Waals surface area (Å²) in [4.78, 5) is 3.30. The van der Waals surface area contributed by atoms with Crippen LogP contribution in [0.15, 0.2) is 47.5 Å². The third kappa shape index (κ3) is 5.27. The van der Waals surface area contributed by atoms with Crippen molar-refractivity contribution < 1.29 is 23.2 Å². The van der Waals surface area contributed by atoms with E-state index in [4.69, 9.17) is 18.9 Å². The Hall–Kier alpha value is -2.39. The van der Waals surface area contributed by atoms with Gasteiger partial charge in [0.05, 0.1) is 26.3 Å². The molecule has 2 heterocycles. The van der Waals surface area contributed by atoms with Gasteiger partial charge in [-0.15, -0.1) is 0 Å². The highest BCUT2D eigenvalue weighted by Crippen LogP contribution is 2.29. The van der Waals surface area contributed by atoms with Crippen molar-refractivity contribution >= 4 is 21.9 Å². The molecule has 1 saturated heterocycles. The summed E-state index contributed by atoms with van der Waals surface area (Å²) in [5.74, 6) is 1.53. The minimum atomic E-state index is -1.45. The summed E-state index contributed by atoms with van der Waals surface area (Å²) in [6.45, 7) is 1.50. The van der Waals surface area contributed by atoms with Crippen LogP contribution in [0.2, 0.25) is 0 Å². The number of hydrogen-bond acceptors (Lipinski definition) is 5. The molecule has 31 heavy (non-hydrogen) atoms. The van der Waals surface area contributed by atoms with Crippen molar-refractivity contribution in [2.45, 2.75) is 43.7 Å². The van der Waals surface area contributed by atoms with Gasteiger partial charge in [-0.3, -0.25) is 0 Å². The van der Waals surface area contributed by atoms with E-state index in [0.29, 0.717) is 18.2 Å². The molecule has 8 heteroatoms. The Balaban J connectivity index is 1.53. The third-order valence-electron chi connectivity index (χ3n) is 5.38. The van der Waals surface area contributed by atoms with Crippen molar-refractivity contribution in [3.05, 3.63) is 53.6 Å². The lowest BCUT2D eigenvalue weighted by molar-refractivity contribution is -0.169. The first-order valence-corrected chi connectivity index (χ1v) is 11.5. The van der Waals surface area contributed by atoms with Gasteiger partial charge >= 0.3 is 0 Å². The van der Waals surface area contributed by atoms with Crippen LogP contribution in [0.3, 0.4) is 0 Å². The molecule has 2 atom stereocenters. The van der Waals surface area contributed by atoms with Gasteiger partial charge in [0, 0.05) is 30.2 Å². The lowest BCUT2D eigenvalue weighted by Crippen LogP contribution is -2.23. The van der Waals surface area contributed by atoms with E-state index in [-0.39, 0.29) is 6.29 Å². The highest BCUT2D eigenvalue weighted by Gasteiger charge is 2.20. The molecular formula is C23H28N2O5S. The summed E-state index contributed by atoms with van der Waals surface area (Å²) in [5, 5.41) is 1.57. The number of methoxy groups -OCH3 is 2. The van der Waals surface area contributed by atoms with Crippen molar-refractivity contribution in [1.82, 2.24) is 9.71 Å². The zero-order chi connectivity index (χ0) is 21.6. The van der Waals surface area contributed by atoms with Crippen LogP contribution < -0.4 is 14.2 Å². The fourth-order valence-electron chi connectivity index (χ4n) is 3.62. The molecule has 0 radical (unpaired) electrons. The van der Waals surface area contributed by atoms with Gasteiger partial charge in [-0.2, -0.15) is 0 Å². The van der Waals surface area contributed by atoms with E-state index >= 15 is 0 Å². The minimum absolute atomic E-state index is 0.217. The molecule has 4 rings (SSSR count). The normalized spacial score (nSPS) is 17.5. The third-order valence-corrected chi connectivity index (χ3v) is 6.50. The van der Waals surface area contributed by atoms with E-state index in [1.807, 2.05) is 42.5 Å². The zero-order valence-corrected chi connectivity index (χ0v) is 18.6. The summed E-state index contributed by atoms with van der Waals surface area (Å²) in [6.07, 6.45) is 2.82. The van der Waals surface area contributed by atoms with Crippen molar-refractivity contribution in [2.75, 3.05) is 20.8 Å². The topological polar surface area (TPSA) is 81.8 Å². The van der Waals surface area contributed by atoms with Gasteiger partial charge in [0.1, 0.15) is 27.5 Å². The van der Waals surface area contributed by atoms with Crippen molar-refractivity contribution in [2.24, 2.45) is 0 Å². The summed E-state index contributed by atoms with van der Waals surface area (Å²) in [7, 11) is 1.81. The molecule has 0 aliphatic carbocycles. The van der Waals surface area contributed by atoms with E-state index in [2.05, 4.69) is 9.71 Å². The molecule has 1 aromatic heterocycles. The van der Waals surface area contributed by atoms with Crippen LogP contribution in [0.5, 0.6) is 11.5 Å². The van der Waals surface area contributed by atoms with Crippen LogP contribution >= 0.6 is 0 Å². The summed E-state index contributed by atoms with van der Waals surface area (Å²) < 4.78 is 38.5. The lowest BCUT2D eigenvalue weighted by atomic mass is 10.1. The van der Waals surface area contributed by atoms with Crippen LogP contribution in [0.1, 0.15) is 30.4 Å². The Morgan fingerprint density at radius 3 is 2.58 bits per heavy atom. The van der Waals surface area contributed by atoms with Gasteiger partial charge in [-0.05, 0) is 49.1 Å². The Kier molecular flexibility index (Phi) is 7.24. The fourth-order valence-corrected chi connectivity index (χ4v) is 4.66. The maximum Gasteiger partial charge on any atom is 0.158 e. The molecule has 0 spiro atoms. The zero-order valence-electron chi connectivity index (χ0n) is 17.8. The molecule has 2 aromatic carbocycles. The lowest BCUT2D eigenvalue weighted by Gasteiger charge is -2.22. The average Bonchev–Trinajstić information content (AvgIpc) is 3.20. The average molecular weight is 445 g/mol. The molecule has 7 nitrogen and oxygen atoms in total. The highest BCUT2D eigenvalue weighted by atomic mass is 32.2. The quantitative estimate of drug-likeness (QED) is 0.521. The largest absolute Gasteiger partial charge is 0.497 e. The Bertz CT molecular complexity index is 1030. The summed E-state index contributed by atoms with van der Waals surface area (Å²) in [5.41, 5.74) is 2.74. The second kappa shape index (κ2) is 10.3. The number of hydrogen-bond donors (Lipinski definition) is 2. The predicted molar refractivity (Wildman–Crippen MR) is 119 cm³/mol. The van der Waals surface area contributed by atoms with E-state index < -0.39 is 11.0 Å². The number of H-pyrrole nitrogens is 1. The number of benzene rings is 2. The Morgan fingerprint density at radius 1 is 1.10 bits per heavy atom. The maximum atomic E-state index is 13.2. The summed E-state index contributed by atoms with van der Waals surface area (Å²) in [6, 6.07) is 13.4. The van der Waals surface area contributed by atoms with Crippen molar-refractivity contribution in [1.29, 1.82) is 0 Å². The standard InChI is InChI=1S/C23H28N2O5S/c1-27-17-8-6-16(7-9-17)14-24-31(26)23-20(15-30-22-5-3-4-12-29-22)19-11-10-18(28-2)13-21(19)25-23/h6-11,13,22,24-25H,3-5,12,14-15H2,1-2H3. The molecule has 1 aliphatic heterocycles.